The number of halogens is 2. The topological polar surface area (TPSA) is 39.2 Å². The first-order valence-electron chi connectivity index (χ1n) is 5.05. The largest absolute Gasteiger partial charge is 0.461 e. The van der Waals surface area contributed by atoms with Gasteiger partial charge in [0, 0.05) is 9.86 Å². The highest BCUT2D eigenvalue weighted by molar-refractivity contribution is 9.10. The summed E-state index contributed by atoms with van der Waals surface area (Å²) in [6.45, 7) is 2.00. The second-order valence-electron chi connectivity index (χ2n) is 3.34. The number of carbonyl (C=O) groups excluding carboxylic acids is 1. The van der Waals surface area contributed by atoms with Crippen molar-refractivity contribution >= 4 is 32.8 Å². The maximum absolute atomic E-state index is 13.5. The molecule has 0 bridgehead atoms. The number of benzene rings is 1. The van der Waals surface area contributed by atoms with E-state index in [1.165, 1.54) is 18.2 Å². The molecular weight excluding hydrogens is 289 g/mol. The second-order valence-corrected chi connectivity index (χ2v) is 4.20. The van der Waals surface area contributed by atoms with E-state index < -0.39 is 5.97 Å². The zero-order chi connectivity index (χ0) is 12.4. The number of aromatic nitrogens is 1. The predicted octanol–water partition coefficient (Wildman–Crippen LogP) is 3.31. The highest BCUT2D eigenvalue weighted by Crippen LogP contribution is 2.24. The SMILES string of the molecule is CCOC(=O)c1ccc2c(F)ccc(Br)c2n1. The molecule has 88 valence electrons. The van der Waals surface area contributed by atoms with Gasteiger partial charge in [-0.3, -0.25) is 0 Å². The van der Waals surface area contributed by atoms with Crippen LogP contribution in [0.15, 0.2) is 28.7 Å². The van der Waals surface area contributed by atoms with Gasteiger partial charge < -0.3 is 4.74 Å². The Balaban J connectivity index is 2.57. The first-order valence-corrected chi connectivity index (χ1v) is 5.84. The summed E-state index contributed by atoms with van der Waals surface area (Å²) >= 11 is 3.27. The molecule has 0 saturated carbocycles. The van der Waals surface area contributed by atoms with Crippen LogP contribution in [0.5, 0.6) is 0 Å². The molecule has 0 aliphatic carbocycles. The molecule has 2 rings (SSSR count). The van der Waals surface area contributed by atoms with Gasteiger partial charge in [-0.1, -0.05) is 0 Å². The lowest BCUT2D eigenvalue weighted by molar-refractivity contribution is 0.0520. The molecule has 0 aliphatic rings. The third-order valence-corrected chi connectivity index (χ3v) is 2.88. The van der Waals surface area contributed by atoms with Crippen molar-refractivity contribution < 1.29 is 13.9 Å². The van der Waals surface area contributed by atoms with E-state index in [1.807, 2.05) is 0 Å². The lowest BCUT2D eigenvalue weighted by Gasteiger charge is -2.04. The fraction of sp³-hybridized carbons (Fsp3) is 0.167. The van der Waals surface area contributed by atoms with Crippen LogP contribution in [0, 0.1) is 5.82 Å². The third-order valence-electron chi connectivity index (χ3n) is 2.24. The van der Waals surface area contributed by atoms with Crippen molar-refractivity contribution in [1.29, 1.82) is 0 Å². The maximum Gasteiger partial charge on any atom is 0.356 e. The first-order chi connectivity index (χ1) is 8.13. The van der Waals surface area contributed by atoms with Gasteiger partial charge in [0.05, 0.1) is 12.1 Å². The molecular formula is C12H9BrFNO2. The summed E-state index contributed by atoms with van der Waals surface area (Å²) in [7, 11) is 0. The molecule has 3 nitrogen and oxygen atoms in total. The number of hydrogen-bond acceptors (Lipinski definition) is 3. The van der Waals surface area contributed by atoms with Gasteiger partial charge in [-0.15, -0.1) is 0 Å². The summed E-state index contributed by atoms with van der Waals surface area (Å²) in [5.41, 5.74) is 0.584. The number of hydrogen-bond donors (Lipinski definition) is 0. The lowest BCUT2D eigenvalue weighted by atomic mass is 10.2. The highest BCUT2D eigenvalue weighted by Gasteiger charge is 2.12. The van der Waals surface area contributed by atoms with Crippen LogP contribution in [0.25, 0.3) is 10.9 Å². The molecule has 1 aromatic carbocycles. The van der Waals surface area contributed by atoms with E-state index in [0.717, 1.165) is 0 Å². The number of fused-ring (bicyclic) bond motifs is 1. The van der Waals surface area contributed by atoms with Crippen LogP contribution in [0.4, 0.5) is 4.39 Å². The number of carbonyl (C=O) groups is 1. The second kappa shape index (κ2) is 4.79. The molecule has 0 amide bonds. The summed E-state index contributed by atoms with van der Waals surface area (Å²) in [6, 6.07) is 5.88. The molecule has 0 saturated heterocycles. The highest BCUT2D eigenvalue weighted by atomic mass is 79.9. The van der Waals surface area contributed by atoms with Crippen LogP contribution in [-0.2, 0) is 4.74 Å². The van der Waals surface area contributed by atoms with Gasteiger partial charge >= 0.3 is 5.97 Å². The number of ether oxygens (including phenoxy) is 1. The first kappa shape index (κ1) is 12.0. The van der Waals surface area contributed by atoms with Crippen molar-refractivity contribution in [3.05, 3.63) is 40.2 Å². The minimum Gasteiger partial charge on any atom is -0.461 e. The molecule has 0 atom stereocenters. The number of nitrogens with zero attached hydrogens (tertiary/aromatic N) is 1. The van der Waals surface area contributed by atoms with E-state index in [9.17, 15) is 9.18 Å². The number of esters is 1. The molecule has 0 spiro atoms. The van der Waals surface area contributed by atoms with Gasteiger partial charge in [0.25, 0.3) is 0 Å². The van der Waals surface area contributed by atoms with Crippen molar-refractivity contribution in [1.82, 2.24) is 4.98 Å². The van der Waals surface area contributed by atoms with Crippen molar-refractivity contribution in [2.75, 3.05) is 6.61 Å². The third kappa shape index (κ3) is 2.29. The Morgan fingerprint density at radius 3 is 2.88 bits per heavy atom. The normalized spacial score (nSPS) is 10.5. The lowest BCUT2D eigenvalue weighted by Crippen LogP contribution is -2.07. The molecule has 0 N–H and O–H groups in total. The van der Waals surface area contributed by atoms with E-state index in [-0.39, 0.29) is 18.1 Å². The zero-order valence-electron chi connectivity index (χ0n) is 9.04. The minimum atomic E-state index is -0.509. The van der Waals surface area contributed by atoms with Crippen molar-refractivity contribution in [2.24, 2.45) is 0 Å². The van der Waals surface area contributed by atoms with Crippen LogP contribution in [0.2, 0.25) is 0 Å². The summed E-state index contributed by atoms with van der Waals surface area (Å²) in [5.74, 6) is -0.878. The van der Waals surface area contributed by atoms with Crippen LogP contribution in [-0.4, -0.2) is 17.6 Å². The van der Waals surface area contributed by atoms with Crippen molar-refractivity contribution in [2.45, 2.75) is 6.92 Å². The Bertz CT molecular complexity index is 586. The van der Waals surface area contributed by atoms with E-state index in [1.54, 1.807) is 13.0 Å². The van der Waals surface area contributed by atoms with Crippen molar-refractivity contribution in [3.63, 3.8) is 0 Å². The van der Waals surface area contributed by atoms with Gasteiger partial charge in [0.1, 0.15) is 11.5 Å². The van der Waals surface area contributed by atoms with Crippen molar-refractivity contribution in [3.8, 4) is 0 Å². The summed E-state index contributed by atoms with van der Waals surface area (Å²) < 4.78 is 18.9. The van der Waals surface area contributed by atoms with Crippen LogP contribution < -0.4 is 0 Å². The minimum absolute atomic E-state index is 0.172. The van der Waals surface area contributed by atoms with Gasteiger partial charge in [-0.2, -0.15) is 0 Å². The molecule has 0 aliphatic heterocycles. The standard InChI is InChI=1S/C12H9BrFNO2/c1-2-17-12(16)10-6-3-7-9(14)5-4-8(13)11(7)15-10/h3-6H,2H2,1H3. The number of rotatable bonds is 2. The van der Waals surface area contributed by atoms with Gasteiger partial charge in [-0.05, 0) is 47.1 Å². The molecule has 0 radical (unpaired) electrons. The molecule has 17 heavy (non-hydrogen) atoms. The smallest absolute Gasteiger partial charge is 0.356 e. The average Bonchev–Trinajstić information content (AvgIpc) is 2.34. The maximum atomic E-state index is 13.5. The van der Waals surface area contributed by atoms with E-state index in [0.29, 0.717) is 15.4 Å². The number of pyridine rings is 1. The Hall–Kier alpha value is -1.49. The summed E-state index contributed by atoms with van der Waals surface area (Å²) in [4.78, 5) is 15.6. The van der Waals surface area contributed by atoms with E-state index >= 15 is 0 Å². The molecule has 2 aromatic rings. The van der Waals surface area contributed by atoms with Crippen LogP contribution in [0.1, 0.15) is 17.4 Å². The van der Waals surface area contributed by atoms with Gasteiger partial charge in [-0.25, -0.2) is 14.2 Å². The average molecular weight is 298 g/mol. The van der Waals surface area contributed by atoms with Crippen LogP contribution in [0.3, 0.4) is 0 Å². The molecule has 1 aromatic heterocycles. The quantitative estimate of drug-likeness (QED) is 0.798. The predicted molar refractivity (Wildman–Crippen MR) is 65.4 cm³/mol. The monoisotopic (exact) mass is 297 g/mol. The zero-order valence-corrected chi connectivity index (χ0v) is 10.6. The summed E-state index contributed by atoms with van der Waals surface area (Å²) in [6.07, 6.45) is 0. The molecule has 0 fully saturated rings. The van der Waals surface area contributed by atoms with Gasteiger partial charge in [0.15, 0.2) is 0 Å². The molecule has 1 heterocycles. The van der Waals surface area contributed by atoms with Crippen LogP contribution >= 0.6 is 15.9 Å². The Morgan fingerprint density at radius 2 is 2.18 bits per heavy atom. The van der Waals surface area contributed by atoms with E-state index in [2.05, 4.69) is 20.9 Å². The summed E-state index contributed by atoms with van der Waals surface area (Å²) in [5, 5.41) is 0.368. The Morgan fingerprint density at radius 1 is 1.41 bits per heavy atom. The Labute approximate surface area is 106 Å². The molecule has 0 unspecified atom stereocenters. The van der Waals surface area contributed by atoms with E-state index in [4.69, 9.17) is 4.74 Å². The Kier molecular flexibility index (Phi) is 3.38. The molecule has 5 heteroatoms. The fourth-order valence-electron chi connectivity index (χ4n) is 1.47. The fourth-order valence-corrected chi connectivity index (χ4v) is 1.90. The van der Waals surface area contributed by atoms with Gasteiger partial charge in [0.2, 0.25) is 0 Å².